The van der Waals surface area contributed by atoms with E-state index >= 15 is 0 Å². The SMILES string of the molecule is CCOc1ccc(NC(=O)c2ccc3c(c2)CCCN3S(C)(=O)=O)cc1. The Labute approximate surface area is 153 Å². The van der Waals surface area contributed by atoms with Crippen molar-refractivity contribution < 1.29 is 17.9 Å². The number of aryl methyl sites for hydroxylation is 1. The second-order valence-electron chi connectivity index (χ2n) is 6.19. The largest absolute Gasteiger partial charge is 0.494 e. The van der Waals surface area contributed by atoms with Crippen LogP contribution >= 0.6 is 0 Å². The van der Waals surface area contributed by atoms with Gasteiger partial charge >= 0.3 is 0 Å². The summed E-state index contributed by atoms with van der Waals surface area (Å²) in [5, 5.41) is 2.85. The van der Waals surface area contributed by atoms with Gasteiger partial charge in [-0.05, 0) is 67.8 Å². The molecule has 138 valence electrons. The second-order valence-corrected chi connectivity index (χ2v) is 8.10. The van der Waals surface area contributed by atoms with Gasteiger partial charge < -0.3 is 10.1 Å². The summed E-state index contributed by atoms with van der Waals surface area (Å²) in [6, 6.07) is 12.3. The molecule has 6 nitrogen and oxygen atoms in total. The number of hydrogen-bond acceptors (Lipinski definition) is 4. The number of carbonyl (C=O) groups is 1. The molecule has 0 radical (unpaired) electrons. The van der Waals surface area contributed by atoms with Gasteiger partial charge in [0.1, 0.15) is 5.75 Å². The summed E-state index contributed by atoms with van der Waals surface area (Å²) in [6.45, 7) is 2.98. The first-order valence-electron chi connectivity index (χ1n) is 8.53. The molecule has 1 amide bonds. The molecule has 0 unspecified atom stereocenters. The number of nitrogens with one attached hydrogen (secondary N) is 1. The molecule has 0 saturated carbocycles. The van der Waals surface area contributed by atoms with Crippen LogP contribution in [0.1, 0.15) is 29.3 Å². The fourth-order valence-corrected chi connectivity index (χ4v) is 4.05. The molecule has 0 aromatic heterocycles. The van der Waals surface area contributed by atoms with Crippen molar-refractivity contribution >= 4 is 27.3 Å². The molecule has 1 heterocycles. The summed E-state index contributed by atoms with van der Waals surface area (Å²) in [4.78, 5) is 12.5. The van der Waals surface area contributed by atoms with E-state index in [0.29, 0.717) is 30.1 Å². The molecule has 1 N–H and O–H groups in total. The summed E-state index contributed by atoms with van der Waals surface area (Å²) in [5.41, 5.74) is 2.72. The van der Waals surface area contributed by atoms with Crippen LogP contribution in [0.4, 0.5) is 11.4 Å². The van der Waals surface area contributed by atoms with Crippen LogP contribution in [0.5, 0.6) is 5.75 Å². The summed E-state index contributed by atoms with van der Waals surface area (Å²) in [7, 11) is -3.31. The Balaban J connectivity index is 1.78. The minimum atomic E-state index is -3.31. The lowest BCUT2D eigenvalue weighted by molar-refractivity contribution is 0.102. The van der Waals surface area contributed by atoms with Gasteiger partial charge in [0.15, 0.2) is 0 Å². The Morgan fingerprint density at radius 1 is 1.19 bits per heavy atom. The monoisotopic (exact) mass is 374 g/mol. The highest BCUT2D eigenvalue weighted by Crippen LogP contribution is 2.30. The van der Waals surface area contributed by atoms with Crippen LogP contribution in [0.15, 0.2) is 42.5 Å². The fourth-order valence-electron chi connectivity index (χ4n) is 3.05. The number of rotatable bonds is 5. The van der Waals surface area contributed by atoms with Crippen molar-refractivity contribution in [1.29, 1.82) is 0 Å². The predicted octanol–water partition coefficient (Wildman–Crippen LogP) is 3.05. The average Bonchev–Trinajstić information content (AvgIpc) is 2.61. The van der Waals surface area contributed by atoms with E-state index in [1.54, 1.807) is 42.5 Å². The minimum absolute atomic E-state index is 0.228. The van der Waals surface area contributed by atoms with Gasteiger partial charge in [-0.15, -0.1) is 0 Å². The van der Waals surface area contributed by atoms with Crippen molar-refractivity contribution in [2.75, 3.05) is 29.0 Å². The van der Waals surface area contributed by atoms with Crippen LogP contribution in [0.2, 0.25) is 0 Å². The molecule has 0 saturated heterocycles. The standard InChI is InChI=1S/C19H22N2O4S/c1-3-25-17-9-7-16(8-10-17)20-19(22)15-6-11-18-14(13-15)5-4-12-21(18)26(2,23)24/h6-11,13H,3-5,12H2,1-2H3,(H,20,22). The summed E-state index contributed by atoms with van der Waals surface area (Å²) >= 11 is 0. The maximum atomic E-state index is 12.5. The van der Waals surface area contributed by atoms with Gasteiger partial charge in [0.25, 0.3) is 5.91 Å². The first kappa shape index (κ1) is 18.3. The Bertz CT molecular complexity index is 908. The molecular weight excluding hydrogens is 352 g/mol. The normalized spacial score (nSPS) is 13.8. The van der Waals surface area contributed by atoms with Crippen molar-refractivity contribution in [3.8, 4) is 5.75 Å². The lowest BCUT2D eigenvalue weighted by atomic mass is 10.0. The van der Waals surface area contributed by atoms with E-state index in [1.807, 2.05) is 6.92 Å². The van der Waals surface area contributed by atoms with Crippen molar-refractivity contribution in [3.05, 3.63) is 53.6 Å². The molecule has 0 atom stereocenters. The van der Waals surface area contributed by atoms with E-state index < -0.39 is 10.0 Å². The molecule has 0 fully saturated rings. The average molecular weight is 374 g/mol. The third-order valence-electron chi connectivity index (χ3n) is 4.24. The van der Waals surface area contributed by atoms with Crippen LogP contribution < -0.4 is 14.4 Å². The smallest absolute Gasteiger partial charge is 0.255 e. The number of anilines is 2. The summed E-state index contributed by atoms with van der Waals surface area (Å²) in [5.74, 6) is 0.522. The Morgan fingerprint density at radius 2 is 1.92 bits per heavy atom. The highest BCUT2D eigenvalue weighted by Gasteiger charge is 2.24. The van der Waals surface area contributed by atoms with Gasteiger partial charge in [0, 0.05) is 17.8 Å². The zero-order chi connectivity index (χ0) is 18.7. The zero-order valence-corrected chi connectivity index (χ0v) is 15.7. The van der Waals surface area contributed by atoms with Crippen LogP contribution in [-0.2, 0) is 16.4 Å². The Morgan fingerprint density at radius 3 is 2.58 bits per heavy atom. The van der Waals surface area contributed by atoms with Gasteiger partial charge in [-0.3, -0.25) is 9.10 Å². The van der Waals surface area contributed by atoms with Crippen LogP contribution in [0, 0.1) is 0 Å². The van der Waals surface area contributed by atoms with E-state index in [2.05, 4.69) is 5.32 Å². The molecule has 1 aliphatic heterocycles. The lowest BCUT2D eigenvalue weighted by Gasteiger charge is -2.29. The number of benzene rings is 2. The molecule has 0 spiro atoms. The van der Waals surface area contributed by atoms with E-state index in [9.17, 15) is 13.2 Å². The van der Waals surface area contributed by atoms with Gasteiger partial charge in [-0.25, -0.2) is 8.42 Å². The second kappa shape index (κ2) is 7.37. The summed E-state index contributed by atoms with van der Waals surface area (Å²) < 4.78 is 30.6. The molecule has 0 bridgehead atoms. The quantitative estimate of drug-likeness (QED) is 0.873. The third kappa shape index (κ3) is 3.99. The van der Waals surface area contributed by atoms with E-state index in [0.717, 1.165) is 24.2 Å². The van der Waals surface area contributed by atoms with E-state index in [4.69, 9.17) is 4.74 Å². The molecule has 26 heavy (non-hydrogen) atoms. The van der Waals surface area contributed by atoms with Gasteiger partial charge in [0.05, 0.1) is 18.6 Å². The first-order chi connectivity index (χ1) is 12.4. The van der Waals surface area contributed by atoms with Crippen LogP contribution in [0.25, 0.3) is 0 Å². The molecule has 1 aliphatic rings. The number of ether oxygens (including phenoxy) is 1. The Kier molecular flexibility index (Phi) is 5.18. The number of fused-ring (bicyclic) bond motifs is 1. The van der Waals surface area contributed by atoms with Gasteiger partial charge in [-0.1, -0.05) is 0 Å². The van der Waals surface area contributed by atoms with Crippen molar-refractivity contribution in [3.63, 3.8) is 0 Å². The topological polar surface area (TPSA) is 75.7 Å². The minimum Gasteiger partial charge on any atom is -0.494 e. The maximum Gasteiger partial charge on any atom is 0.255 e. The number of carbonyl (C=O) groups excluding carboxylic acids is 1. The highest BCUT2D eigenvalue weighted by atomic mass is 32.2. The number of amides is 1. The van der Waals surface area contributed by atoms with Gasteiger partial charge in [-0.2, -0.15) is 0 Å². The molecule has 3 rings (SSSR count). The summed E-state index contributed by atoms with van der Waals surface area (Å²) in [6.07, 6.45) is 2.70. The van der Waals surface area contributed by atoms with E-state index in [-0.39, 0.29) is 5.91 Å². The number of nitrogens with zero attached hydrogens (tertiary/aromatic N) is 1. The van der Waals surface area contributed by atoms with E-state index in [1.165, 1.54) is 10.6 Å². The molecular formula is C19H22N2O4S. The molecule has 2 aromatic carbocycles. The molecule has 0 aliphatic carbocycles. The van der Waals surface area contributed by atoms with Crippen LogP contribution in [0.3, 0.4) is 0 Å². The maximum absolute atomic E-state index is 12.5. The highest BCUT2D eigenvalue weighted by molar-refractivity contribution is 7.92. The van der Waals surface area contributed by atoms with Crippen molar-refractivity contribution in [1.82, 2.24) is 0 Å². The third-order valence-corrected chi connectivity index (χ3v) is 5.42. The Hall–Kier alpha value is -2.54. The van der Waals surface area contributed by atoms with Gasteiger partial charge in [0.2, 0.25) is 10.0 Å². The lowest BCUT2D eigenvalue weighted by Crippen LogP contribution is -2.34. The van der Waals surface area contributed by atoms with Crippen molar-refractivity contribution in [2.24, 2.45) is 0 Å². The molecule has 2 aromatic rings. The van der Waals surface area contributed by atoms with Crippen LogP contribution in [-0.4, -0.2) is 33.7 Å². The van der Waals surface area contributed by atoms with Crippen molar-refractivity contribution in [2.45, 2.75) is 19.8 Å². The first-order valence-corrected chi connectivity index (χ1v) is 10.4. The molecule has 7 heteroatoms. The predicted molar refractivity (Wildman–Crippen MR) is 103 cm³/mol. The number of hydrogen-bond donors (Lipinski definition) is 1. The zero-order valence-electron chi connectivity index (χ0n) is 14.9. The number of sulfonamides is 1. The fraction of sp³-hybridized carbons (Fsp3) is 0.316.